The molecule has 0 unspecified atom stereocenters. The first-order valence-electron chi connectivity index (χ1n) is 11.1. The number of aliphatic hydroxyl groups is 1. The third-order valence-corrected chi connectivity index (χ3v) is 7.90. The smallest absolute Gasteiger partial charge is 0.226 e. The lowest BCUT2D eigenvalue weighted by molar-refractivity contribution is -0.140. The second-order valence-electron chi connectivity index (χ2n) is 9.61. The summed E-state index contributed by atoms with van der Waals surface area (Å²) in [6.45, 7) is 0.695. The molecule has 0 radical (unpaired) electrons. The van der Waals surface area contributed by atoms with Crippen LogP contribution in [-0.4, -0.2) is 36.3 Å². The molecule has 5 rings (SSSR count). The van der Waals surface area contributed by atoms with E-state index in [1.807, 2.05) is 12.1 Å². The predicted octanol–water partition coefficient (Wildman–Crippen LogP) is 3.50. The van der Waals surface area contributed by atoms with Gasteiger partial charge in [-0.05, 0) is 80.9 Å². The van der Waals surface area contributed by atoms with Gasteiger partial charge in [0.25, 0.3) is 0 Å². The van der Waals surface area contributed by atoms with E-state index in [-0.39, 0.29) is 29.9 Å². The summed E-state index contributed by atoms with van der Waals surface area (Å²) in [4.78, 5) is 12.9. The minimum atomic E-state index is -0.673. The molecule has 4 fully saturated rings. The fourth-order valence-corrected chi connectivity index (χ4v) is 5.37. The van der Waals surface area contributed by atoms with Gasteiger partial charge in [0, 0.05) is 24.1 Å². The number of hydrogen-bond acceptors (Lipinski definition) is 4. The van der Waals surface area contributed by atoms with Crippen molar-refractivity contribution in [1.29, 1.82) is 0 Å². The van der Waals surface area contributed by atoms with E-state index in [0.29, 0.717) is 24.2 Å². The Labute approximate surface area is 177 Å². The molecule has 164 valence electrons. The van der Waals surface area contributed by atoms with Crippen LogP contribution in [0.25, 0.3) is 0 Å². The largest absolute Gasteiger partial charge is 0.489 e. The number of nitrogens with two attached hydrogens (primary N) is 1. The van der Waals surface area contributed by atoms with E-state index in [9.17, 15) is 14.3 Å². The summed E-state index contributed by atoms with van der Waals surface area (Å²) in [5.41, 5.74) is 6.39. The molecule has 0 aromatic heterocycles. The van der Waals surface area contributed by atoms with Gasteiger partial charge in [0.15, 0.2) is 0 Å². The van der Waals surface area contributed by atoms with Crippen molar-refractivity contribution in [2.45, 2.75) is 68.8 Å². The summed E-state index contributed by atoms with van der Waals surface area (Å²) in [6.07, 6.45) is 8.86. The van der Waals surface area contributed by atoms with E-state index >= 15 is 0 Å². The van der Waals surface area contributed by atoms with Gasteiger partial charge in [-0.25, -0.2) is 4.39 Å². The maximum atomic E-state index is 12.9. The molecule has 4 aliphatic rings. The Morgan fingerprint density at radius 2 is 1.73 bits per heavy atom. The highest BCUT2D eigenvalue weighted by Gasteiger charge is 2.53. The van der Waals surface area contributed by atoms with E-state index in [0.717, 1.165) is 57.8 Å². The third kappa shape index (κ3) is 4.00. The summed E-state index contributed by atoms with van der Waals surface area (Å²) in [5.74, 6) is 0.841. The predicted molar refractivity (Wildman–Crippen MR) is 114 cm³/mol. The number of carbonyl (C=O) groups excluding carboxylic acids is 1. The van der Waals surface area contributed by atoms with Crippen molar-refractivity contribution >= 4 is 5.91 Å². The maximum Gasteiger partial charge on any atom is 0.226 e. The summed E-state index contributed by atoms with van der Waals surface area (Å²) in [6, 6.07) is 8.11. The Hall–Kier alpha value is -1.92. The summed E-state index contributed by atoms with van der Waals surface area (Å²) in [5, 5.41) is 13.3. The van der Waals surface area contributed by atoms with Crippen LogP contribution in [0.4, 0.5) is 4.39 Å². The minimum absolute atomic E-state index is 0.133. The first-order valence-corrected chi connectivity index (χ1v) is 11.1. The van der Waals surface area contributed by atoms with Crippen LogP contribution in [0.5, 0.6) is 5.75 Å². The average Bonchev–Trinajstić information content (AvgIpc) is 2.78. The molecular weight excluding hydrogens is 383 g/mol. The van der Waals surface area contributed by atoms with Crippen LogP contribution >= 0.6 is 0 Å². The highest BCUT2D eigenvalue weighted by molar-refractivity contribution is 5.83. The molecule has 1 aromatic rings. The zero-order valence-electron chi connectivity index (χ0n) is 17.6. The molecule has 0 heterocycles. The lowest BCUT2D eigenvalue weighted by atomic mass is 9.51. The van der Waals surface area contributed by atoms with Crippen molar-refractivity contribution < 1.29 is 19.0 Å². The van der Waals surface area contributed by atoms with E-state index in [1.54, 1.807) is 0 Å². The minimum Gasteiger partial charge on any atom is -0.489 e. The fourth-order valence-electron chi connectivity index (χ4n) is 5.37. The number of fused-ring (bicyclic) bond motifs is 3. The zero-order chi connectivity index (χ0) is 21.2. The van der Waals surface area contributed by atoms with Gasteiger partial charge in [0.2, 0.25) is 5.91 Å². The SMILES string of the molecule is NCC(=CF)COc1ccc(C23CCC(C(=O)NCC4(O)CCC4)(CC2)CC3)cc1. The monoisotopic (exact) mass is 416 g/mol. The molecule has 2 bridgehead atoms. The standard InChI is InChI=1S/C24H33FN2O3/c25-14-18(15-26)16-30-20-4-2-19(3-5-20)22-8-11-23(12-9-22,13-10-22)21(28)27-17-24(29)6-1-7-24/h2-5,14,29H,1,6-13,15-17,26H2,(H,27,28). The number of carbonyl (C=O) groups is 1. The highest BCUT2D eigenvalue weighted by atomic mass is 19.1. The Morgan fingerprint density at radius 3 is 2.23 bits per heavy atom. The molecule has 1 amide bonds. The molecule has 4 saturated carbocycles. The molecule has 5 nitrogen and oxygen atoms in total. The van der Waals surface area contributed by atoms with Crippen LogP contribution in [-0.2, 0) is 10.2 Å². The van der Waals surface area contributed by atoms with Crippen molar-refractivity contribution in [1.82, 2.24) is 5.32 Å². The Kier molecular flexibility index (Phi) is 5.90. The highest BCUT2D eigenvalue weighted by Crippen LogP contribution is 2.58. The molecule has 0 atom stereocenters. The summed E-state index contributed by atoms with van der Waals surface area (Å²) >= 11 is 0. The molecule has 30 heavy (non-hydrogen) atoms. The van der Waals surface area contributed by atoms with Crippen LogP contribution < -0.4 is 15.8 Å². The molecule has 0 aliphatic heterocycles. The zero-order valence-corrected chi connectivity index (χ0v) is 17.6. The Balaban J connectivity index is 1.35. The van der Waals surface area contributed by atoms with Crippen LogP contribution in [0, 0.1) is 5.41 Å². The van der Waals surface area contributed by atoms with Gasteiger partial charge in [-0.15, -0.1) is 0 Å². The molecule has 0 spiro atoms. The third-order valence-electron chi connectivity index (χ3n) is 7.90. The van der Waals surface area contributed by atoms with Crippen molar-refractivity contribution in [3.05, 3.63) is 41.7 Å². The van der Waals surface area contributed by atoms with Crippen LogP contribution in [0.3, 0.4) is 0 Å². The molecular formula is C24H33FN2O3. The van der Waals surface area contributed by atoms with Gasteiger partial charge in [-0.2, -0.15) is 0 Å². The average molecular weight is 417 g/mol. The normalized spacial score (nSPS) is 29.9. The van der Waals surface area contributed by atoms with Gasteiger partial charge in [0.1, 0.15) is 12.4 Å². The van der Waals surface area contributed by atoms with Crippen LogP contribution in [0.2, 0.25) is 0 Å². The van der Waals surface area contributed by atoms with Crippen molar-refractivity contribution in [2.24, 2.45) is 11.1 Å². The van der Waals surface area contributed by atoms with E-state index in [4.69, 9.17) is 10.5 Å². The quantitative estimate of drug-likeness (QED) is 0.606. The molecule has 0 saturated heterocycles. The lowest BCUT2D eigenvalue weighted by Crippen LogP contribution is -2.55. The van der Waals surface area contributed by atoms with Crippen molar-refractivity contribution in [3.63, 3.8) is 0 Å². The fraction of sp³-hybridized carbons (Fsp3) is 0.625. The van der Waals surface area contributed by atoms with Gasteiger partial charge >= 0.3 is 0 Å². The lowest BCUT2D eigenvalue weighted by Gasteiger charge is -2.53. The van der Waals surface area contributed by atoms with Gasteiger partial charge in [-0.3, -0.25) is 4.79 Å². The Morgan fingerprint density at radius 1 is 1.10 bits per heavy atom. The molecule has 1 aromatic carbocycles. The second-order valence-corrected chi connectivity index (χ2v) is 9.61. The number of benzene rings is 1. The number of ether oxygens (including phenoxy) is 1. The molecule has 4 N–H and O–H groups in total. The van der Waals surface area contributed by atoms with Gasteiger partial charge in [-0.1, -0.05) is 12.1 Å². The first-order chi connectivity index (χ1) is 14.4. The molecule has 4 aliphatic carbocycles. The Bertz CT molecular complexity index is 777. The number of hydrogen-bond donors (Lipinski definition) is 3. The second kappa shape index (κ2) is 8.31. The van der Waals surface area contributed by atoms with E-state index in [1.165, 1.54) is 5.56 Å². The maximum absolute atomic E-state index is 12.9. The van der Waals surface area contributed by atoms with Crippen LogP contribution in [0.15, 0.2) is 36.2 Å². The first kappa shape index (κ1) is 21.3. The van der Waals surface area contributed by atoms with E-state index in [2.05, 4.69) is 17.4 Å². The van der Waals surface area contributed by atoms with Crippen LogP contribution in [0.1, 0.15) is 63.4 Å². The van der Waals surface area contributed by atoms with E-state index < -0.39 is 5.60 Å². The number of nitrogens with one attached hydrogen (secondary N) is 1. The van der Waals surface area contributed by atoms with Gasteiger partial charge < -0.3 is 20.9 Å². The number of rotatable bonds is 8. The number of halogens is 1. The van der Waals surface area contributed by atoms with Crippen molar-refractivity contribution in [3.8, 4) is 5.75 Å². The summed E-state index contributed by atoms with van der Waals surface area (Å²) < 4.78 is 18.2. The van der Waals surface area contributed by atoms with Crippen molar-refractivity contribution in [2.75, 3.05) is 19.7 Å². The molecule has 6 heteroatoms. The van der Waals surface area contributed by atoms with Gasteiger partial charge in [0.05, 0.1) is 11.9 Å². The number of amides is 1. The topological polar surface area (TPSA) is 84.6 Å². The summed E-state index contributed by atoms with van der Waals surface area (Å²) in [7, 11) is 0.